The van der Waals surface area contributed by atoms with E-state index in [9.17, 15) is 9.90 Å². The van der Waals surface area contributed by atoms with Crippen molar-refractivity contribution in [2.45, 2.75) is 38.6 Å². The van der Waals surface area contributed by atoms with Gasteiger partial charge in [0.15, 0.2) is 0 Å². The maximum atomic E-state index is 11.3. The summed E-state index contributed by atoms with van der Waals surface area (Å²) >= 11 is 0. The molecule has 2 aliphatic heterocycles. The molecular weight excluding hydrogens is 268 g/mol. The van der Waals surface area contributed by atoms with E-state index < -0.39 is 12.0 Å². The smallest absolute Gasteiger partial charge is 0.326 e. The molecule has 0 amide bonds. The van der Waals surface area contributed by atoms with E-state index in [2.05, 4.69) is 21.8 Å². The van der Waals surface area contributed by atoms with Crippen molar-refractivity contribution in [2.24, 2.45) is 5.92 Å². The molecule has 3 heterocycles. The summed E-state index contributed by atoms with van der Waals surface area (Å²) in [5, 5.41) is 9.30. The molecule has 3 rings (SSSR count). The Morgan fingerprint density at radius 1 is 1.24 bits per heavy atom. The van der Waals surface area contributed by atoms with E-state index in [1.165, 1.54) is 12.8 Å². The molecule has 0 saturated carbocycles. The standard InChI is InChI=1S/C15H22N4O2/c1-11-4-2-6-18(9-11)13-8-14(17-10-16-13)19-7-3-5-12(19)15(20)21/h8,10-12H,2-7,9H2,1H3,(H,20,21). The van der Waals surface area contributed by atoms with E-state index in [-0.39, 0.29) is 0 Å². The number of carbonyl (C=O) groups is 1. The normalized spacial score (nSPS) is 26.1. The third-order valence-electron chi connectivity index (χ3n) is 4.45. The molecule has 0 aliphatic carbocycles. The maximum absolute atomic E-state index is 11.3. The zero-order valence-electron chi connectivity index (χ0n) is 12.4. The van der Waals surface area contributed by atoms with Crippen LogP contribution in [0, 0.1) is 5.92 Å². The highest BCUT2D eigenvalue weighted by Gasteiger charge is 2.32. The van der Waals surface area contributed by atoms with E-state index >= 15 is 0 Å². The van der Waals surface area contributed by atoms with Crippen molar-refractivity contribution in [3.05, 3.63) is 12.4 Å². The molecule has 0 aromatic carbocycles. The summed E-state index contributed by atoms with van der Waals surface area (Å²) in [6.07, 6.45) is 5.59. The molecule has 0 spiro atoms. The van der Waals surface area contributed by atoms with Gasteiger partial charge in [-0.1, -0.05) is 6.92 Å². The summed E-state index contributed by atoms with van der Waals surface area (Å²) in [7, 11) is 0. The first-order valence-electron chi connectivity index (χ1n) is 7.71. The van der Waals surface area contributed by atoms with Gasteiger partial charge in [0.05, 0.1) is 0 Å². The van der Waals surface area contributed by atoms with E-state index in [1.54, 1.807) is 6.33 Å². The van der Waals surface area contributed by atoms with Crippen LogP contribution >= 0.6 is 0 Å². The number of aliphatic carboxylic acids is 1. The van der Waals surface area contributed by atoms with Crippen LogP contribution in [0.5, 0.6) is 0 Å². The monoisotopic (exact) mass is 290 g/mol. The highest BCUT2D eigenvalue weighted by atomic mass is 16.4. The Hall–Kier alpha value is -1.85. The van der Waals surface area contributed by atoms with Crippen molar-refractivity contribution < 1.29 is 9.90 Å². The first-order chi connectivity index (χ1) is 10.1. The average molecular weight is 290 g/mol. The van der Waals surface area contributed by atoms with Gasteiger partial charge >= 0.3 is 5.97 Å². The number of piperidine rings is 1. The van der Waals surface area contributed by atoms with Crippen molar-refractivity contribution in [2.75, 3.05) is 29.4 Å². The number of carboxylic acids is 1. The van der Waals surface area contributed by atoms with Gasteiger partial charge in [0.2, 0.25) is 0 Å². The Morgan fingerprint density at radius 2 is 2.00 bits per heavy atom. The van der Waals surface area contributed by atoms with Gasteiger partial charge < -0.3 is 14.9 Å². The van der Waals surface area contributed by atoms with Gasteiger partial charge in [0.1, 0.15) is 24.0 Å². The Bertz CT molecular complexity index is 522. The summed E-state index contributed by atoms with van der Waals surface area (Å²) in [6, 6.07) is 1.49. The van der Waals surface area contributed by atoms with Crippen molar-refractivity contribution >= 4 is 17.6 Å². The minimum Gasteiger partial charge on any atom is -0.480 e. The fourth-order valence-corrected chi connectivity index (χ4v) is 3.36. The zero-order valence-corrected chi connectivity index (χ0v) is 12.4. The minimum atomic E-state index is -0.765. The molecule has 2 unspecified atom stereocenters. The van der Waals surface area contributed by atoms with Gasteiger partial charge in [-0.2, -0.15) is 0 Å². The highest BCUT2D eigenvalue weighted by Crippen LogP contribution is 2.27. The van der Waals surface area contributed by atoms with Crippen LogP contribution in [0.2, 0.25) is 0 Å². The fraction of sp³-hybridized carbons (Fsp3) is 0.667. The molecule has 1 aromatic rings. The molecule has 114 valence electrons. The van der Waals surface area contributed by atoms with E-state index in [0.717, 1.165) is 37.7 Å². The molecule has 0 bridgehead atoms. The SMILES string of the molecule is CC1CCCN(c2cc(N3CCCC3C(=O)O)ncn2)C1. The summed E-state index contributed by atoms with van der Waals surface area (Å²) in [5.74, 6) is 1.57. The predicted octanol–water partition coefficient (Wildman–Crippen LogP) is 1.77. The number of aromatic nitrogens is 2. The summed E-state index contributed by atoms with van der Waals surface area (Å²) in [5.41, 5.74) is 0. The number of rotatable bonds is 3. The Labute approximate surface area is 124 Å². The number of hydrogen-bond donors (Lipinski definition) is 1. The largest absolute Gasteiger partial charge is 0.480 e. The van der Waals surface area contributed by atoms with Crippen LogP contribution in [-0.2, 0) is 4.79 Å². The van der Waals surface area contributed by atoms with Crippen LogP contribution < -0.4 is 9.80 Å². The summed E-state index contributed by atoms with van der Waals surface area (Å²) < 4.78 is 0. The van der Waals surface area contributed by atoms with Crippen LogP contribution in [0.25, 0.3) is 0 Å². The minimum absolute atomic E-state index is 0.451. The van der Waals surface area contributed by atoms with Crippen LogP contribution in [0.4, 0.5) is 11.6 Å². The van der Waals surface area contributed by atoms with Crippen molar-refractivity contribution in [3.8, 4) is 0 Å². The third kappa shape index (κ3) is 2.94. The molecule has 21 heavy (non-hydrogen) atoms. The van der Waals surface area contributed by atoms with Gasteiger partial charge in [0.25, 0.3) is 0 Å². The van der Waals surface area contributed by atoms with E-state index in [0.29, 0.717) is 12.3 Å². The number of hydrogen-bond acceptors (Lipinski definition) is 5. The quantitative estimate of drug-likeness (QED) is 0.915. The lowest BCUT2D eigenvalue weighted by Crippen LogP contribution is -2.37. The Balaban J connectivity index is 1.81. The van der Waals surface area contributed by atoms with Gasteiger partial charge in [0, 0.05) is 25.7 Å². The Kier molecular flexibility index (Phi) is 3.94. The fourth-order valence-electron chi connectivity index (χ4n) is 3.36. The second-order valence-electron chi connectivity index (χ2n) is 6.12. The van der Waals surface area contributed by atoms with Gasteiger partial charge in [-0.15, -0.1) is 0 Å². The lowest BCUT2D eigenvalue weighted by molar-refractivity contribution is -0.138. The molecule has 6 heteroatoms. The van der Waals surface area contributed by atoms with Gasteiger partial charge in [-0.25, -0.2) is 14.8 Å². The number of nitrogens with zero attached hydrogens (tertiary/aromatic N) is 4. The third-order valence-corrected chi connectivity index (χ3v) is 4.45. The average Bonchev–Trinajstić information content (AvgIpc) is 2.97. The summed E-state index contributed by atoms with van der Waals surface area (Å²) in [4.78, 5) is 24.2. The summed E-state index contributed by atoms with van der Waals surface area (Å²) in [6.45, 7) is 5.04. The molecule has 1 aromatic heterocycles. The Morgan fingerprint density at radius 3 is 2.76 bits per heavy atom. The van der Waals surface area contributed by atoms with Gasteiger partial charge in [-0.05, 0) is 31.6 Å². The van der Waals surface area contributed by atoms with E-state index in [4.69, 9.17) is 0 Å². The van der Waals surface area contributed by atoms with Crippen molar-refractivity contribution in [3.63, 3.8) is 0 Å². The second kappa shape index (κ2) is 5.87. The van der Waals surface area contributed by atoms with Crippen LogP contribution in [0.1, 0.15) is 32.6 Å². The number of anilines is 2. The maximum Gasteiger partial charge on any atom is 0.326 e. The molecule has 2 saturated heterocycles. The molecule has 0 radical (unpaired) electrons. The molecule has 6 nitrogen and oxygen atoms in total. The van der Waals surface area contributed by atoms with E-state index in [1.807, 2.05) is 11.0 Å². The molecule has 2 aliphatic rings. The lowest BCUT2D eigenvalue weighted by atomic mass is 10.0. The lowest BCUT2D eigenvalue weighted by Gasteiger charge is -2.32. The van der Waals surface area contributed by atoms with Crippen LogP contribution in [0.15, 0.2) is 12.4 Å². The zero-order chi connectivity index (χ0) is 14.8. The molecule has 2 atom stereocenters. The number of carboxylic acid groups (broad SMARTS) is 1. The topological polar surface area (TPSA) is 69.6 Å². The second-order valence-corrected chi connectivity index (χ2v) is 6.12. The molecule has 1 N–H and O–H groups in total. The first kappa shape index (κ1) is 14.1. The van der Waals surface area contributed by atoms with Crippen LogP contribution in [0.3, 0.4) is 0 Å². The van der Waals surface area contributed by atoms with Crippen molar-refractivity contribution in [1.82, 2.24) is 9.97 Å². The predicted molar refractivity (Wildman–Crippen MR) is 80.6 cm³/mol. The first-order valence-corrected chi connectivity index (χ1v) is 7.71. The highest BCUT2D eigenvalue weighted by molar-refractivity contribution is 5.78. The van der Waals surface area contributed by atoms with Crippen molar-refractivity contribution in [1.29, 1.82) is 0 Å². The van der Waals surface area contributed by atoms with Crippen LogP contribution in [-0.4, -0.2) is 46.7 Å². The van der Waals surface area contributed by atoms with Gasteiger partial charge in [-0.3, -0.25) is 0 Å². The molecule has 2 fully saturated rings. The molecular formula is C15H22N4O2.